The number of nitrogens with zero attached hydrogens (tertiary/aromatic N) is 2. The van der Waals surface area contributed by atoms with Crippen LogP contribution in [0, 0.1) is 20.2 Å². The predicted octanol–water partition coefficient (Wildman–Crippen LogP) is 5.14. The molecule has 6 nitrogen and oxygen atoms in total. The minimum Gasteiger partial charge on any atom is -0.264 e. The minimum atomic E-state index is -0.476. The number of thioether (sulfide) groups is 1. The summed E-state index contributed by atoms with van der Waals surface area (Å²) in [6.45, 7) is 6.23. The van der Waals surface area contributed by atoms with Gasteiger partial charge in [0.25, 0.3) is 5.69 Å². The van der Waals surface area contributed by atoms with E-state index in [2.05, 4.69) is 32.9 Å². The molecule has 7 heteroatoms. The number of nitro benzene ring substituents is 1. The Bertz CT molecular complexity index is 768. The lowest BCUT2D eigenvalue weighted by Gasteiger charge is -2.19. The fourth-order valence-corrected chi connectivity index (χ4v) is 3.66. The van der Waals surface area contributed by atoms with Crippen LogP contribution in [0.1, 0.15) is 42.7 Å². The van der Waals surface area contributed by atoms with Gasteiger partial charge in [0.1, 0.15) is 0 Å². The lowest BCUT2D eigenvalue weighted by Crippen LogP contribution is -2.11. The third-order valence-electron chi connectivity index (χ3n) is 4.06. The summed E-state index contributed by atoms with van der Waals surface area (Å²) in [6, 6.07) is 14.2. The summed E-state index contributed by atoms with van der Waals surface area (Å²) in [5.74, 6) is 0.639. The van der Waals surface area contributed by atoms with Gasteiger partial charge in [0.15, 0.2) is 0 Å². The Kier molecular flexibility index (Phi) is 6.37. The van der Waals surface area contributed by atoms with Gasteiger partial charge in [0.2, 0.25) is 6.54 Å². The van der Waals surface area contributed by atoms with E-state index in [1.165, 1.54) is 29.5 Å². The molecular weight excluding hydrogens is 352 g/mol. The molecule has 26 heavy (non-hydrogen) atoms. The Morgan fingerprint density at radius 3 is 2.00 bits per heavy atom. The minimum absolute atomic E-state index is 0.0172. The van der Waals surface area contributed by atoms with Crippen LogP contribution in [-0.2, 0) is 11.2 Å². The van der Waals surface area contributed by atoms with E-state index in [4.69, 9.17) is 0 Å². The highest BCUT2D eigenvalue weighted by molar-refractivity contribution is 7.98. The Hall–Kier alpha value is -2.41. The summed E-state index contributed by atoms with van der Waals surface area (Å²) in [4.78, 5) is 20.9. The zero-order chi connectivity index (χ0) is 19.3. The highest BCUT2D eigenvalue weighted by atomic mass is 32.2. The molecule has 0 heterocycles. The average Bonchev–Trinajstić information content (AvgIpc) is 2.58. The van der Waals surface area contributed by atoms with Crippen LogP contribution in [0.15, 0.2) is 48.5 Å². The summed E-state index contributed by atoms with van der Waals surface area (Å²) in [5, 5.41) is 21.4. The average molecular weight is 374 g/mol. The van der Waals surface area contributed by atoms with Crippen molar-refractivity contribution in [3.05, 3.63) is 85.4 Å². The molecule has 2 aromatic rings. The maximum Gasteiger partial charge on any atom is 0.269 e. The van der Waals surface area contributed by atoms with Gasteiger partial charge in [-0.05, 0) is 22.1 Å². The van der Waals surface area contributed by atoms with Crippen molar-refractivity contribution in [1.82, 2.24) is 0 Å². The Morgan fingerprint density at radius 1 is 0.962 bits per heavy atom. The molecule has 2 aromatic carbocycles. The van der Waals surface area contributed by atoms with Gasteiger partial charge in [0.05, 0.1) is 10.2 Å². The molecule has 138 valence electrons. The van der Waals surface area contributed by atoms with Crippen LogP contribution < -0.4 is 0 Å². The molecule has 0 fully saturated rings. The molecule has 1 atom stereocenters. The highest BCUT2D eigenvalue weighted by Gasteiger charge is 2.20. The van der Waals surface area contributed by atoms with Crippen molar-refractivity contribution in [2.24, 2.45) is 0 Å². The molecule has 0 unspecified atom stereocenters. The van der Waals surface area contributed by atoms with E-state index >= 15 is 0 Å². The van der Waals surface area contributed by atoms with Crippen molar-refractivity contribution in [3.8, 4) is 0 Å². The molecule has 0 N–H and O–H groups in total. The van der Waals surface area contributed by atoms with Crippen LogP contribution in [0.4, 0.5) is 5.69 Å². The third-order valence-corrected chi connectivity index (χ3v) is 5.39. The van der Waals surface area contributed by atoms with E-state index in [9.17, 15) is 20.2 Å². The first kappa shape index (κ1) is 19.9. The molecule has 0 aliphatic carbocycles. The molecule has 2 rings (SSSR count). The molecule has 0 radical (unpaired) electrons. The normalized spacial score (nSPS) is 12.6. The molecular formula is C19H22N2O4S. The number of non-ortho nitro benzene ring substituents is 1. The van der Waals surface area contributed by atoms with E-state index < -0.39 is 4.92 Å². The maximum absolute atomic E-state index is 11.0. The molecule has 0 saturated heterocycles. The van der Waals surface area contributed by atoms with Crippen LogP contribution in [-0.4, -0.2) is 16.4 Å². The van der Waals surface area contributed by atoms with Crippen molar-refractivity contribution in [2.45, 2.75) is 37.2 Å². The van der Waals surface area contributed by atoms with Crippen molar-refractivity contribution in [1.29, 1.82) is 0 Å². The fourth-order valence-electron chi connectivity index (χ4n) is 2.50. The number of hydrogen-bond donors (Lipinski definition) is 0. The second kappa shape index (κ2) is 8.31. The van der Waals surface area contributed by atoms with Crippen LogP contribution in [0.3, 0.4) is 0 Å². The van der Waals surface area contributed by atoms with E-state index in [1.54, 1.807) is 12.1 Å². The Balaban J connectivity index is 2.10. The summed E-state index contributed by atoms with van der Waals surface area (Å²) in [7, 11) is 0. The van der Waals surface area contributed by atoms with Crippen LogP contribution in [0.2, 0.25) is 0 Å². The van der Waals surface area contributed by atoms with E-state index in [0.717, 1.165) is 11.1 Å². The fraction of sp³-hybridized carbons (Fsp3) is 0.368. The number of nitro groups is 2. The third kappa shape index (κ3) is 5.56. The van der Waals surface area contributed by atoms with Crippen LogP contribution >= 0.6 is 11.8 Å². The first-order valence-corrected chi connectivity index (χ1v) is 9.29. The number of benzene rings is 2. The summed E-state index contributed by atoms with van der Waals surface area (Å²) in [5.41, 5.74) is 3.13. The predicted molar refractivity (Wildman–Crippen MR) is 104 cm³/mol. The van der Waals surface area contributed by atoms with E-state index in [0.29, 0.717) is 5.75 Å². The van der Waals surface area contributed by atoms with Crippen molar-refractivity contribution < 1.29 is 9.85 Å². The zero-order valence-corrected chi connectivity index (χ0v) is 15.9. The summed E-state index contributed by atoms with van der Waals surface area (Å²) < 4.78 is 0. The monoisotopic (exact) mass is 374 g/mol. The maximum atomic E-state index is 11.0. The number of hydrogen-bond acceptors (Lipinski definition) is 5. The standard InChI is InChI=1S/C19H22N2O4S/c1-19(2,3)16-8-4-14(5-9-16)13-26-18(12-20(22)23)15-6-10-17(11-7-15)21(24)25/h4-11,18H,12-13H2,1-3H3/t18-/m1/s1. The van der Waals surface area contributed by atoms with Crippen molar-refractivity contribution in [2.75, 3.05) is 6.54 Å². The highest BCUT2D eigenvalue weighted by Crippen LogP contribution is 2.33. The van der Waals surface area contributed by atoms with Gasteiger partial charge in [-0.3, -0.25) is 20.2 Å². The quantitative estimate of drug-likeness (QED) is 0.494. The summed E-state index contributed by atoms with van der Waals surface area (Å²) >= 11 is 1.47. The molecule has 0 bridgehead atoms. The molecule has 0 aliphatic rings. The Labute approximate surface area is 156 Å². The van der Waals surface area contributed by atoms with Crippen LogP contribution in [0.25, 0.3) is 0 Å². The van der Waals surface area contributed by atoms with E-state index in [-0.39, 0.29) is 27.8 Å². The lowest BCUT2D eigenvalue weighted by atomic mass is 9.87. The topological polar surface area (TPSA) is 86.3 Å². The van der Waals surface area contributed by atoms with Crippen molar-refractivity contribution in [3.63, 3.8) is 0 Å². The van der Waals surface area contributed by atoms with Crippen LogP contribution in [0.5, 0.6) is 0 Å². The molecule has 0 spiro atoms. The Morgan fingerprint density at radius 2 is 1.54 bits per heavy atom. The van der Waals surface area contributed by atoms with Crippen molar-refractivity contribution >= 4 is 17.4 Å². The molecule has 0 amide bonds. The van der Waals surface area contributed by atoms with Gasteiger partial charge in [-0.2, -0.15) is 0 Å². The number of rotatable bonds is 7. The SMILES string of the molecule is CC(C)(C)c1ccc(CS[C@H](C[N+](=O)[O-])c2ccc([N+](=O)[O-])cc2)cc1. The lowest BCUT2D eigenvalue weighted by molar-refractivity contribution is -0.479. The molecule has 0 aliphatic heterocycles. The second-order valence-electron chi connectivity index (χ2n) is 7.11. The largest absolute Gasteiger partial charge is 0.269 e. The molecule has 0 saturated carbocycles. The van der Waals surface area contributed by atoms with Gasteiger partial charge < -0.3 is 0 Å². The zero-order valence-electron chi connectivity index (χ0n) is 15.0. The van der Waals surface area contributed by atoms with Gasteiger partial charge >= 0.3 is 0 Å². The van der Waals surface area contributed by atoms with Gasteiger partial charge in [-0.15, -0.1) is 11.8 Å². The second-order valence-corrected chi connectivity index (χ2v) is 8.30. The smallest absolute Gasteiger partial charge is 0.264 e. The van der Waals surface area contributed by atoms with Gasteiger partial charge in [0, 0.05) is 22.8 Å². The first-order chi connectivity index (χ1) is 12.2. The summed E-state index contributed by atoms with van der Waals surface area (Å²) in [6.07, 6.45) is 0. The van der Waals surface area contributed by atoms with Gasteiger partial charge in [-0.1, -0.05) is 57.2 Å². The van der Waals surface area contributed by atoms with E-state index in [1.807, 2.05) is 12.1 Å². The molecule has 0 aromatic heterocycles. The van der Waals surface area contributed by atoms with Gasteiger partial charge in [-0.25, -0.2) is 0 Å². The first-order valence-electron chi connectivity index (χ1n) is 8.24.